The first-order chi connectivity index (χ1) is 9.43. The third kappa shape index (κ3) is 2.58. The van der Waals surface area contributed by atoms with Crippen molar-refractivity contribution in [3.05, 3.63) is 51.4 Å². The van der Waals surface area contributed by atoms with Gasteiger partial charge in [-0.25, -0.2) is 4.68 Å². The summed E-state index contributed by atoms with van der Waals surface area (Å²) in [5.41, 5.74) is 1.43. The average Bonchev–Trinajstić information content (AvgIpc) is 2.38. The number of benzene rings is 1. The summed E-state index contributed by atoms with van der Waals surface area (Å²) in [7, 11) is 1.54. The molecule has 0 aliphatic carbocycles. The number of carbonyl (C=O) groups is 1. The van der Waals surface area contributed by atoms with Crippen molar-refractivity contribution in [2.75, 3.05) is 7.11 Å². The molecule has 2 aromatic rings. The molecule has 0 aliphatic heterocycles. The minimum atomic E-state index is -0.879. The fourth-order valence-electron chi connectivity index (χ4n) is 1.89. The number of halogens is 1. The monoisotopic (exact) mass is 292 g/mol. The molecular weight excluding hydrogens is 280 g/mol. The van der Waals surface area contributed by atoms with Crippen LogP contribution in [0.1, 0.15) is 21.7 Å². The average molecular weight is 293 g/mol. The molecule has 104 valence electrons. The topological polar surface area (TPSA) is 61.2 Å². The maximum Gasteiger partial charge on any atom is 0.276 e. The Morgan fingerprint density at radius 3 is 2.60 bits per heavy atom. The summed E-state index contributed by atoms with van der Waals surface area (Å²) >= 11 is 5.38. The van der Waals surface area contributed by atoms with Crippen molar-refractivity contribution < 1.29 is 9.53 Å². The molecule has 0 amide bonds. The van der Waals surface area contributed by atoms with E-state index in [0.717, 1.165) is 5.56 Å². The van der Waals surface area contributed by atoms with E-state index in [9.17, 15) is 9.59 Å². The Balaban J connectivity index is 2.75. The van der Waals surface area contributed by atoms with Crippen LogP contribution < -0.4 is 10.2 Å². The van der Waals surface area contributed by atoms with Gasteiger partial charge in [-0.2, -0.15) is 5.10 Å². The second-order valence-electron chi connectivity index (χ2n) is 4.36. The molecule has 0 radical (unpaired) electrons. The minimum absolute atomic E-state index is 0.305. The molecule has 2 rings (SSSR count). The van der Waals surface area contributed by atoms with Crippen molar-refractivity contribution in [2.24, 2.45) is 0 Å². The lowest BCUT2D eigenvalue weighted by Crippen LogP contribution is -2.21. The Morgan fingerprint density at radius 2 is 2.00 bits per heavy atom. The van der Waals surface area contributed by atoms with Gasteiger partial charge in [-0.15, -0.1) is 0 Å². The third-order valence-corrected chi connectivity index (χ3v) is 3.04. The zero-order valence-corrected chi connectivity index (χ0v) is 12.1. The highest BCUT2D eigenvalue weighted by Gasteiger charge is 2.15. The first-order valence-corrected chi connectivity index (χ1v) is 6.27. The van der Waals surface area contributed by atoms with E-state index in [1.165, 1.54) is 10.7 Å². The SMILES string of the molecule is COc1ccc(C)cc1-n1nc(C(=O)Cl)c(=O)cc1C. The van der Waals surface area contributed by atoms with Crippen molar-refractivity contribution in [1.82, 2.24) is 9.78 Å². The largest absolute Gasteiger partial charge is 0.494 e. The number of hydrogen-bond acceptors (Lipinski definition) is 4. The minimum Gasteiger partial charge on any atom is -0.494 e. The Kier molecular flexibility index (Phi) is 3.90. The van der Waals surface area contributed by atoms with Crippen LogP contribution in [0.25, 0.3) is 5.69 Å². The number of ether oxygens (including phenoxy) is 1. The van der Waals surface area contributed by atoms with Gasteiger partial charge >= 0.3 is 0 Å². The molecule has 0 N–H and O–H groups in total. The fraction of sp³-hybridized carbons (Fsp3) is 0.214. The predicted molar refractivity (Wildman–Crippen MR) is 76.0 cm³/mol. The zero-order valence-electron chi connectivity index (χ0n) is 11.3. The third-order valence-electron chi connectivity index (χ3n) is 2.86. The summed E-state index contributed by atoms with van der Waals surface area (Å²) in [4.78, 5) is 22.9. The van der Waals surface area contributed by atoms with Crippen molar-refractivity contribution in [1.29, 1.82) is 0 Å². The number of aryl methyl sites for hydroxylation is 2. The van der Waals surface area contributed by atoms with Crippen LogP contribution in [0.5, 0.6) is 5.75 Å². The maximum absolute atomic E-state index is 11.7. The predicted octanol–water partition coefficient (Wildman–Crippen LogP) is 2.24. The van der Waals surface area contributed by atoms with Crippen molar-refractivity contribution >= 4 is 16.8 Å². The summed E-state index contributed by atoms with van der Waals surface area (Å²) in [6.07, 6.45) is 0. The zero-order chi connectivity index (χ0) is 14.9. The van der Waals surface area contributed by atoms with Gasteiger partial charge in [0, 0.05) is 11.8 Å². The highest BCUT2D eigenvalue weighted by Crippen LogP contribution is 2.24. The second-order valence-corrected chi connectivity index (χ2v) is 4.70. The van der Waals surface area contributed by atoms with E-state index in [1.54, 1.807) is 20.1 Å². The molecular formula is C14H13ClN2O3. The number of nitrogens with zero attached hydrogens (tertiary/aromatic N) is 2. The van der Waals surface area contributed by atoms with Crippen molar-refractivity contribution in [3.8, 4) is 11.4 Å². The van der Waals surface area contributed by atoms with E-state index in [4.69, 9.17) is 16.3 Å². The van der Waals surface area contributed by atoms with Crippen molar-refractivity contribution in [3.63, 3.8) is 0 Å². The van der Waals surface area contributed by atoms with Gasteiger partial charge in [0.25, 0.3) is 5.24 Å². The maximum atomic E-state index is 11.7. The summed E-state index contributed by atoms with van der Waals surface area (Å²) in [6, 6.07) is 6.87. The molecule has 0 saturated heterocycles. The molecule has 0 saturated carbocycles. The Morgan fingerprint density at radius 1 is 1.30 bits per heavy atom. The van der Waals surface area contributed by atoms with Gasteiger partial charge in [-0.1, -0.05) is 6.07 Å². The van der Waals surface area contributed by atoms with Crippen LogP contribution in [0.3, 0.4) is 0 Å². The summed E-state index contributed by atoms with van der Waals surface area (Å²) < 4.78 is 6.76. The van der Waals surface area contributed by atoms with Crippen LogP contribution in [-0.2, 0) is 0 Å². The Labute approximate surface area is 120 Å². The summed E-state index contributed by atoms with van der Waals surface area (Å²) in [6.45, 7) is 3.65. The van der Waals surface area contributed by atoms with E-state index in [2.05, 4.69) is 5.10 Å². The number of methoxy groups -OCH3 is 1. The molecule has 1 heterocycles. The van der Waals surface area contributed by atoms with Gasteiger partial charge in [-0.3, -0.25) is 9.59 Å². The van der Waals surface area contributed by atoms with Crippen LogP contribution >= 0.6 is 11.6 Å². The molecule has 0 fully saturated rings. The Bertz CT molecular complexity index is 738. The van der Waals surface area contributed by atoms with E-state index in [0.29, 0.717) is 17.1 Å². The lowest BCUT2D eigenvalue weighted by Gasteiger charge is -2.14. The smallest absolute Gasteiger partial charge is 0.276 e. The first kappa shape index (κ1) is 14.3. The number of hydrogen-bond donors (Lipinski definition) is 0. The fourth-order valence-corrected chi connectivity index (χ4v) is 2.02. The normalized spacial score (nSPS) is 10.4. The molecule has 0 bridgehead atoms. The van der Waals surface area contributed by atoms with Gasteiger partial charge in [-0.05, 0) is 43.1 Å². The molecule has 1 aromatic carbocycles. The van der Waals surface area contributed by atoms with Crippen LogP contribution in [0.15, 0.2) is 29.1 Å². The van der Waals surface area contributed by atoms with E-state index < -0.39 is 10.7 Å². The van der Waals surface area contributed by atoms with Crippen molar-refractivity contribution in [2.45, 2.75) is 13.8 Å². The molecule has 0 atom stereocenters. The molecule has 6 heteroatoms. The molecule has 20 heavy (non-hydrogen) atoms. The van der Waals surface area contributed by atoms with Crippen LogP contribution in [0.4, 0.5) is 0 Å². The molecule has 0 unspecified atom stereocenters. The summed E-state index contributed by atoms with van der Waals surface area (Å²) in [5.74, 6) is 0.586. The van der Waals surface area contributed by atoms with Crippen LogP contribution in [-0.4, -0.2) is 22.1 Å². The van der Waals surface area contributed by atoms with Crippen LogP contribution in [0.2, 0.25) is 0 Å². The van der Waals surface area contributed by atoms with E-state index >= 15 is 0 Å². The second kappa shape index (κ2) is 5.46. The van der Waals surface area contributed by atoms with Gasteiger partial charge < -0.3 is 4.74 Å². The molecule has 0 spiro atoms. The van der Waals surface area contributed by atoms with Gasteiger partial charge in [0.1, 0.15) is 11.4 Å². The Hall–Kier alpha value is -2.14. The molecule has 5 nitrogen and oxygen atoms in total. The molecule has 1 aromatic heterocycles. The van der Waals surface area contributed by atoms with E-state index in [1.807, 2.05) is 19.1 Å². The highest BCUT2D eigenvalue weighted by atomic mass is 35.5. The summed E-state index contributed by atoms with van der Waals surface area (Å²) in [5, 5.41) is 3.15. The van der Waals surface area contributed by atoms with E-state index in [-0.39, 0.29) is 5.69 Å². The highest BCUT2D eigenvalue weighted by molar-refractivity contribution is 6.67. The van der Waals surface area contributed by atoms with Gasteiger partial charge in [0.15, 0.2) is 5.69 Å². The lowest BCUT2D eigenvalue weighted by atomic mass is 10.2. The van der Waals surface area contributed by atoms with Gasteiger partial charge in [0.05, 0.1) is 7.11 Å². The van der Waals surface area contributed by atoms with Gasteiger partial charge in [0.2, 0.25) is 5.43 Å². The number of rotatable bonds is 3. The van der Waals surface area contributed by atoms with Crippen LogP contribution in [0, 0.1) is 13.8 Å². The first-order valence-electron chi connectivity index (χ1n) is 5.90. The number of aromatic nitrogens is 2. The quantitative estimate of drug-likeness (QED) is 0.814. The number of carbonyl (C=O) groups excluding carboxylic acids is 1. The standard InChI is InChI=1S/C14H13ClN2O3/c1-8-4-5-12(20-3)10(6-8)17-9(2)7-11(18)13(16-17)14(15)19/h4-7H,1-3H3. The molecule has 0 aliphatic rings. The lowest BCUT2D eigenvalue weighted by molar-refractivity contribution is 0.107.